The molecule has 0 unspecified atom stereocenters. The van der Waals surface area contributed by atoms with Gasteiger partial charge in [-0.25, -0.2) is 4.98 Å². The Morgan fingerprint density at radius 3 is 3.07 bits per heavy atom. The van der Waals surface area contributed by atoms with Gasteiger partial charge < -0.3 is 10.3 Å². The second-order valence-electron chi connectivity index (χ2n) is 2.86. The molecule has 0 spiro atoms. The van der Waals surface area contributed by atoms with Crippen LogP contribution in [0.4, 0.5) is 5.82 Å². The van der Waals surface area contributed by atoms with Gasteiger partial charge in [-0.05, 0) is 28.1 Å². The molecule has 0 radical (unpaired) electrons. The van der Waals surface area contributed by atoms with E-state index in [1.807, 2.05) is 12.1 Å². The van der Waals surface area contributed by atoms with E-state index in [0.29, 0.717) is 12.4 Å². The second kappa shape index (κ2) is 4.59. The number of thiophene rings is 1. The standard InChI is InChI=1S/C9H8BrN3OS/c10-7-2-1-6(15-7)4-11-8-3-9(14)13-5-12-8/h1-3,5H,4H2,(H2,11,12,13,14). The van der Waals surface area contributed by atoms with E-state index < -0.39 is 0 Å². The topological polar surface area (TPSA) is 57.8 Å². The van der Waals surface area contributed by atoms with Crippen molar-refractivity contribution < 1.29 is 0 Å². The molecule has 2 heterocycles. The highest BCUT2D eigenvalue weighted by Crippen LogP contribution is 2.22. The molecule has 0 saturated carbocycles. The minimum absolute atomic E-state index is 0.153. The molecule has 2 aromatic heterocycles. The molecule has 15 heavy (non-hydrogen) atoms. The van der Waals surface area contributed by atoms with Crippen molar-refractivity contribution in [2.45, 2.75) is 6.54 Å². The van der Waals surface area contributed by atoms with E-state index in [-0.39, 0.29) is 5.56 Å². The Balaban J connectivity index is 2.02. The SMILES string of the molecule is O=c1cc(NCc2ccc(Br)s2)nc[nH]1. The van der Waals surface area contributed by atoms with Gasteiger partial charge in [-0.3, -0.25) is 4.79 Å². The number of nitrogens with zero attached hydrogens (tertiary/aromatic N) is 1. The number of halogens is 1. The van der Waals surface area contributed by atoms with Crippen molar-refractivity contribution in [2.75, 3.05) is 5.32 Å². The van der Waals surface area contributed by atoms with Crippen LogP contribution in [0.25, 0.3) is 0 Å². The number of hydrogen-bond donors (Lipinski definition) is 2. The summed E-state index contributed by atoms with van der Waals surface area (Å²) >= 11 is 5.04. The maximum Gasteiger partial charge on any atom is 0.252 e. The Morgan fingerprint density at radius 1 is 1.53 bits per heavy atom. The highest BCUT2D eigenvalue weighted by atomic mass is 79.9. The van der Waals surface area contributed by atoms with Gasteiger partial charge >= 0.3 is 0 Å². The van der Waals surface area contributed by atoms with Crippen molar-refractivity contribution in [3.8, 4) is 0 Å². The van der Waals surface area contributed by atoms with Gasteiger partial charge in [0.1, 0.15) is 5.82 Å². The van der Waals surface area contributed by atoms with Gasteiger partial charge in [-0.15, -0.1) is 11.3 Å². The zero-order chi connectivity index (χ0) is 10.7. The highest BCUT2D eigenvalue weighted by Gasteiger charge is 1.98. The first-order chi connectivity index (χ1) is 7.24. The molecule has 0 aromatic carbocycles. The fourth-order valence-corrected chi connectivity index (χ4v) is 2.51. The first kappa shape index (κ1) is 10.4. The lowest BCUT2D eigenvalue weighted by atomic mass is 10.4. The van der Waals surface area contributed by atoms with Crippen molar-refractivity contribution in [1.29, 1.82) is 0 Å². The zero-order valence-electron chi connectivity index (χ0n) is 7.66. The molecule has 0 atom stereocenters. The fraction of sp³-hybridized carbons (Fsp3) is 0.111. The van der Waals surface area contributed by atoms with Crippen LogP contribution in [0.1, 0.15) is 4.88 Å². The maximum atomic E-state index is 11.0. The van der Waals surface area contributed by atoms with Crippen LogP contribution in [0.2, 0.25) is 0 Å². The minimum atomic E-state index is -0.153. The Kier molecular flexibility index (Phi) is 3.17. The molecule has 78 valence electrons. The Labute approximate surface area is 98.5 Å². The number of H-pyrrole nitrogens is 1. The molecular weight excluding hydrogens is 278 g/mol. The number of anilines is 1. The molecule has 0 aliphatic heterocycles. The lowest BCUT2D eigenvalue weighted by molar-refractivity contribution is 1.07. The number of nitrogens with one attached hydrogen (secondary N) is 2. The van der Waals surface area contributed by atoms with Gasteiger partial charge in [0.2, 0.25) is 0 Å². The van der Waals surface area contributed by atoms with E-state index in [4.69, 9.17) is 0 Å². The van der Waals surface area contributed by atoms with E-state index in [0.717, 1.165) is 3.79 Å². The molecular formula is C9H8BrN3OS. The number of rotatable bonds is 3. The van der Waals surface area contributed by atoms with Crippen molar-refractivity contribution in [3.63, 3.8) is 0 Å². The molecule has 0 bridgehead atoms. The minimum Gasteiger partial charge on any atom is -0.365 e. The van der Waals surface area contributed by atoms with Crippen molar-refractivity contribution in [1.82, 2.24) is 9.97 Å². The predicted molar refractivity (Wildman–Crippen MR) is 64.2 cm³/mol. The third-order valence-electron chi connectivity index (χ3n) is 1.75. The fourth-order valence-electron chi connectivity index (χ4n) is 1.09. The summed E-state index contributed by atoms with van der Waals surface area (Å²) in [5.74, 6) is 0.586. The smallest absolute Gasteiger partial charge is 0.252 e. The van der Waals surface area contributed by atoms with E-state index in [2.05, 4.69) is 31.2 Å². The molecule has 0 saturated heterocycles. The molecule has 2 aromatic rings. The lowest BCUT2D eigenvalue weighted by Crippen LogP contribution is -2.08. The quantitative estimate of drug-likeness (QED) is 0.909. The summed E-state index contributed by atoms with van der Waals surface area (Å²) in [7, 11) is 0. The van der Waals surface area contributed by atoms with Crippen LogP contribution in [-0.2, 0) is 6.54 Å². The average Bonchev–Trinajstić information content (AvgIpc) is 2.62. The highest BCUT2D eigenvalue weighted by molar-refractivity contribution is 9.11. The third-order valence-corrected chi connectivity index (χ3v) is 3.37. The van der Waals surface area contributed by atoms with Crippen LogP contribution >= 0.6 is 27.3 Å². The van der Waals surface area contributed by atoms with Gasteiger partial charge in [0, 0.05) is 10.9 Å². The molecule has 4 nitrogen and oxygen atoms in total. The first-order valence-corrected chi connectivity index (χ1v) is 5.88. The van der Waals surface area contributed by atoms with Gasteiger partial charge in [-0.2, -0.15) is 0 Å². The van der Waals surface area contributed by atoms with Crippen LogP contribution in [0.15, 0.2) is 33.1 Å². The molecule has 0 amide bonds. The van der Waals surface area contributed by atoms with Gasteiger partial charge in [-0.1, -0.05) is 0 Å². The summed E-state index contributed by atoms with van der Waals surface area (Å²) in [6, 6.07) is 5.45. The Morgan fingerprint density at radius 2 is 2.40 bits per heavy atom. The number of aromatic nitrogens is 2. The van der Waals surface area contributed by atoms with Crippen LogP contribution in [0, 0.1) is 0 Å². The monoisotopic (exact) mass is 285 g/mol. The van der Waals surface area contributed by atoms with E-state index in [9.17, 15) is 4.79 Å². The average molecular weight is 286 g/mol. The summed E-state index contributed by atoms with van der Waals surface area (Å²) in [6.45, 7) is 0.673. The Hall–Kier alpha value is -1.14. The van der Waals surface area contributed by atoms with Crippen molar-refractivity contribution >= 4 is 33.1 Å². The molecule has 2 N–H and O–H groups in total. The molecule has 6 heteroatoms. The first-order valence-electron chi connectivity index (χ1n) is 4.27. The Bertz CT molecular complexity index is 508. The summed E-state index contributed by atoms with van der Waals surface area (Å²) in [5, 5.41) is 3.07. The van der Waals surface area contributed by atoms with E-state index in [1.165, 1.54) is 17.3 Å². The summed E-state index contributed by atoms with van der Waals surface area (Å²) < 4.78 is 1.10. The lowest BCUT2D eigenvalue weighted by Gasteiger charge is -2.01. The van der Waals surface area contributed by atoms with Crippen molar-refractivity contribution in [3.05, 3.63) is 43.5 Å². The van der Waals surface area contributed by atoms with Gasteiger partial charge in [0.25, 0.3) is 5.56 Å². The molecule has 0 fully saturated rings. The van der Waals surface area contributed by atoms with Crippen LogP contribution in [-0.4, -0.2) is 9.97 Å². The van der Waals surface area contributed by atoms with E-state index >= 15 is 0 Å². The summed E-state index contributed by atoms with van der Waals surface area (Å²) in [6.07, 6.45) is 1.38. The molecule has 0 aliphatic carbocycles. The van der Waals surface area contributed by atoms with Crippen LogP contribution < -0.4 is 10.9 Å². The molecule has 0 aliphatic rings. The van der Waals surface area contributed by atoms with Crippen LogP contribution in [0.3, 0.4) is 0 Å². The summed E-state index contributed by atoms with van der Waals surface area (Å²) in [5.41, 5.74) is -0.153. The largest absolute Gasteiger partial charge is 0.365 e. The van der Waals surface area contributed by atoms with Crippen molar-refractivity contribution in [2.24, 2.45) is 0 Å². The summed E-state index contributed by atoms with van der Waals surface area (Å²) in [4.78, 5) is 18.6. The maximum absolute atomic E-state index is 11.0. The molecule has 2 rings (SSSR count). The number of aromatic amines is 1. The predicted octanol–water partition coefficient (Wildman–Crippen LogP) is 2.21. The normalized spacial score (nSPS) is 10.2. The van der Waals surface area contributed by atoms with Gasteiger partial charge in [0.15, 0.2) is 0 Å². The zero-order valence-corrected chi connectivity index (χ0v) is 10.1. The number of hydrogen-bond acceptors (Lipinski definition) is 4. The van der Waals surface area contributed by atoms with Crippen LogP contribution in [0.5, 0.6) is 0 Å². The third kappa shape index (κ3) is 2.90. The van der Waals surface area contributed by atoms with Gasteiger partial charge in [0.05, 0.1) is 16.7 Å². The second-order valence-corrected chi connectivity index (χ2v) is 5.40. The van der Waals surface area contributed by atoms with E-state index in [1.54, 1.807) is 11.3 Å².